The van der Waals surface area contributed by atoms with E-state index >= 15 is 0 Å². The number of nitrogen functional groups attached to an aromatic ring is 1. The molecule has 5 nitrogen and oxygen atoms in total. The third-order valence-electron chi connectivity index (χ3n) is 2.94. The fourth-order valence-electron chi connectivity index (χ4n) is 2.36. The molecule has 18 heavy (non-hydrogen) atoms. The first-order chi connectivity index (χ1) is 8.39. The van der Waals surface area contributed by atoms with Crippen molar-refractivity contribution in [2.24, 2.45) is 0 Å². The van der Waals surface area contributed by atoms with E-state index < -0.39 is 0 Å². The van der Waals surface area contributed by atoms with Crippen molar-refractivity contribution in [3.8, 4) is 0 Å². The number of carbonyl (C=O) groups is 1. The van der Waals surface area contributed by atoms with E-state index in [1.807, 2.05) is 20.8 Å². The molecule has 1 saturated heterocycles. The molecule has 1 aliphatic heterocycles. The van der Waals surface area contributed by atoms with Crippen LogP contribution in [0.4, 0.5) is 5.69 Å². The zero-order valence-electron chi connectivity index (χ0n) is 11.0. The molecule has 1 aliphatic rings. The molecule has 0 aliphatic carbocycles. The van der Waals surface area contributed by atoms with Gasteiger partial charge >= 0.3 is 0 Å². The normalized spacial score (nSPS) is 22.8. The molecule has 2 N–H and O–H groups in total. The number of aromatic nitrogens is 1. The van der Waals surface area contributed by atoms with Crippen LogP contribution in [0, 0.1) is 0 Å². The van der Waals surface area contributed by atoms with Crippen molar-refractivity contribution in [3.05, 3.63) is 24.0 Å². The van der Waals surface area contributed by atoms with Gasteiger partial charge in [0, 0.05) is 31.2 Å². The first-order valence-electron chi connectivity index (χ1n) is 6.05. The average Bonchev–Trinajstić information content (AvgIpc) is 2.26. The van der Waals surface area contributed by atoms with Crippen molar-refractivity contribution in [1.82, 2.24) is 9.88 Å². The lowest BCUT2D eigenvalue weighted by atomic mass is 10.0. The van der Waals surface area contributed by atoms with E-state index in [1.165, 1.54) is 6.20 Å². The summed E-state index contributed by atoms with van der Waals surface area (Å²) in [5, 5.41) is 0. The van der Waals surface area contributed by atoms with E-state index in [2.05, 4.69) is 4.98 Å². The number of amides is 1. The summed E-state index contributed by atoms with van der Waals surface area (Å²) < 4.78 is 5.78. The Labute approximate surface area is 107 Å². The smallest absolute Gasteiger partial charge is 0.257 e. The topological polar surface area (TPSA) is 68.5 Å². The molecule has 0 aromatic carbocycles. The van der Waals surface area contributed by atoms with Crippen LogP contribution in [0.1, 0.15) is 31.1 Å². The molecular formula is C13H19N3O2. The second-order valence-corrected chi connectivity index (χ2v) is 5.34. The Morgan fingerprint density at radius 2 is 2.33 bits per heavy atom. The molecule has 5 heteroatoms. The highest BCUT2D eigenvalue weighted by Gasteiger charge is 2.34. The SMILES string of the molecule is C[C@@H]1CN(C(=O)c2cnccc2N)CC(C)(C)O1. The van der Waals surface area contributed by atoms with Crippen LogP contribution in [-0.4, -0.2) is 40.6 Å². The fraction of sp³-hybridized carbons (Fsp3) is 0.538. The second-order valence-electron chi connectivity index (χ2n) is 5.34. The quantitative estimate of drug-likeness (QED) is 0.814. The van der Waals surface area contributed by atoms with Crippen LogP contribution in [0.5, 0.6) is 0 Å². The van der Waals surface area contributed by atoms with E-state index in [0.717, 1.165) is 0 Å². The van der Waals surface area contributed by atoms with Crippen LogP contribution in [0.15, 0.2) is 18.5 Å². The minimum Gasteiger partial charge on any atom is -0.398 e. The van der Waals surface area contributed by atoms with E-state index in [4.69, 9.17) is 10.5 Å². The Kier molecular flexibility index (Phi) is 3.26. The van der Waals surface area contributed by atoms with Crippen molar-refractivity contribution >= 4 is 11.6 Å². The molecule has 0 radical (unpaired) electrons. The summed E-state index contributed by atoms with van der Waals surface area (Å²) in [7, 11) is 0. The molecule has 1 amide bonds. The minimum atomic E-state index is -0.329. The number of ether oxygens (including phenoxy) is 1. The van der Waals surface area contributed by atoms with Gasteiger partial charge in [-0.25, -0.2) is 0 Å². The summed E-state index contributed by atoms with van der Waals surface area (Å²) in [5.74, 6) is -0.0798. The number of anilines is 1. The first kappa shape index (κ1) is 12.8. The minimum absolute atomic E-state index is 0.0237. The van der Waals surface area contributed by atoms with E-state index in [9.17, 15) is 4.79 Å². The summed E-state index contributed by atoms with van der Waals surface area (Å²) in [5.41, 5.74) is 6.41. The van der Waals surface area contributed by atoms with Crippen LogP contribution in [-0.2, 0) is 4.74 Å². The number of nitrogens with two attached hydrogens (primary N) is 1. The lowest BCUT2D eigenvalue weighted by Crippen LogP contribution is -2.53. The van der Waals surface area contributed by atoms with Gasteiger partial charge in [0.15, 0.2) is 0 Å². The predicted octanol–water partition coefficient (Wildman–Crippen LogP) is 1.30. The average molecular weight is 249 g/mol. The van der Waals surface area contributed by atoms with E-state index in [0.29, 0.717) is 24.3 Å². The first-order valence-corrected chi connectivity index (χ1v) is 6.05. The molecule has 0 bridgehead atoms. The highest BCUT2D eigenvalue weighted by molar-refractivity contribution is 5.98. The Balaban J connectivity index is 2.22. The van der Waals surface area contributed by atoms with Gasteiger partial charge < -0.3 is 15.4 Å². The van der Waals surface area contributed by atoms with Gasteiger partial charge in [0.25, 0.3) is 5.91 Å². The van der Waals surface area contributed by atoms with Crippen molar-refractivity contribution in [2.75, 3.05) is 18.8 Å². The fourth-order valence-corrected chi connectivity index (χ4v) is 2.36. The van der Waals surface area contributed by atoms with Crippen LogP contribution in [0.2, 0.25) is 0 Å². The number of rotatable bonds is 1. The Hall–Kier alpha value is -1.62. The maximum atomic E-state index is 12.4. The van der Waals surface area contributed by atoms with Crippen LogP contribution < -0.4 is 5.73 Å². The van der Waals surface area contributed by atoms with Gasteiger partial charge in [0.2, 0.25) is 0 Å². The van der Waals surface area contributed by atoms with Gasteiger partial charge in [0.1, 0.15) is 0 Å². The van der Waals surface area contributed by atoms with Gasteiger partial charge in [-0.15, -0.1) is 0 Å². The zero-order valence-corrected chi connectivity index (χ0v) is 11.0. The Bertz CT molecular complexity index is 459. The number of nitrogens with zero attached hydrogens (tertiary/aromatic N) is 2. The van der Waals surface area contributed by atoms with E-state index in [1.54, 1.807) is 17.2 Å². The van der Waals surface area contributed by atoms with Crippen molar-refractivity contribution in [1.29, 1.82) is 0 Å². The van der Waals surface area contributed by atoms with Crippen LogP contribution >= 0.6 is 0 Å². The number of morpholine rings is 1. The highest BCUT2D eigenvalue weighted by atomic mass is 16.5. The molecule has 1 atom stereocenters. The Morgan fingerprint density at radius 3 is 2.94 bits per heavy atom. The molecule has 1 aromatic rings. The summed E-state index contributed by atoms with van der Waals surface area (Å²) >= 11 is 0. The highest BCUT2D eigenvalue weighted by Crippen LogP contribution is 2.23. The molecule has 2 heterocycles. The van der Waals surface area contributed by atoms with Crippen molar-refractivity contribution < 1.29 is 9.53 Å². The monoisotopic (exact) mass is 249 g/mol. The molecule has 0 unspecified atom stereocenters. The summed E-state index contributed by atoms with van der Waals surface area (Å²) in [6, 6.07) is 1.64. The predicted molar refractivity (Wildman–Crippen MR) is 69.2 cm³/mol. The summed E-state index contributed by atoms with van der Waals surface area (Å²) in [6.07, 6.45) is 3.12. The van der Waals surface area contributed by atoms with Gasteiger partial charge in [0.05, 0.1) is 17.3 Å². The zero-order chi connectivity index (χ0) is 13.3. The van der Waals surface area contributed by atoms with Crippen LogP contribution in [0.25, 0.3) is 0 Å². The third kappa shape index (κ3) is 2.61. The molecule has 1 aromatic heterocycles. The van der Waals surface area contributed by atoms with E-state index in [-0.39, 0.29) is 17.6 Å². The molecule has 0 saturated carbocycles. The maximum Gasteiger partial charge on any atom is 0.257 e. The number of hydrogen-bond donors (Lipinski definition) is 1. The maximum absolute atomic E-state index is 12.4. The number of carbonyl (C=O) groups excluding carboxylic acids is 1. The molecule has 98 valence electrons. The lowest BCUT2D eigenvalue weighted by molar-refractivity contribution is -0.118. The van der Waals surface area contributed by atoms with Gasteiger partial charge in [-0.05, 0) is 26.8 Å². The summed E-state index contributed by atoms with van der Waals surface area (Å²) in [6.45, 7) is 7.07. The van der Waals surface area contributed by atoms with Crippen molar-refractivity contribution in [2.45, 2.75) is 32.5 Å². The lowest BCUT2D eigenvalue weighted by Gasteiger charge is -2.41. The number of pyridine rings is 1. The molecular weight excluding hydrogens is 230 g/mol. The van der Waals surface area contributed by atoms with Crippen molar-refractivity contribution in [3.63, 3.8) is 0 Å². The standard InChI is InChI=1S/C13H19N3O2/c1-9-7-16(8-13(2,3)18-9)12(17)10-6-15-5-4-11(10)14/h4-6,9H,7-8H2,1-3H3,(H2,14,15)/t9-/m1/s1. The van der Waals surface area contributed by atoms with Gasteiger partial charge in [-0.1, -0.05) is 0 Å². The third-order valence-corrected chi connectivity index (χ3v) is 2.94. The largest absolute Gasteiger partial charge is 0.398 e. The number of hydrogen-bond acceptors (Lipinski definition) is 4. The molecule has 0 spiro atoms. The Morgan fingerprint density at radius 1 is 1.61 bits per heavy atom. The second kappa shape index (κ2) is 4.57. The van der Waals surface area contributed by atoms with Gasteiger partial charge in [-0.2, -0.15) is 0 Å². The summed E-state index contributed by atoms with van der Waals surface area (Å²) in [4.78, 5) is 18.1. The molecule has 2 rings (SSSR count). The van der Waals surface area contributed by atoms with Gasteiger partial charge in [-0.3, -0.25) is 9.78 Å². The van der Waals surface area contributed by atoms with Crippen LogP contribution in [0.3, 0.4) is 0 Å². The molecule has 1 fully saturated rings.